The Morgan fingerprint density at radius 2 is 2.17 bits per heavy atom. The summed E-state index contributed by atoms with van der Waals surface area (Å²) in [6, 6.07) is 8.10. The minimum atomic E-state index is 0.619. The van der Waals surface area contributed by atoms with E-state index in [1.165, 1.54) is 17.6 Å². The third kappa shape index (κ3) is 4.48. The Balaban J connectivity index is 2.72. The lowest BCUT2D eigenvalue weighted by Crippen LogP contribution is -1.97. The van der Waals surface area contributed by atoms with Gasteiger partial charge in [-0.2, -0.15) is 0 Å². The molecule has 1 unspecified atom stereocenters. The molecule has 0 heterocycles. The predicted molar refractivity (Wildman–Crippen MR) is 90.9 cm³/mol. The van der Waals surface area contributed by atoms with Gasteiger partial charge in [-0.05, 0) is 36.8 Å². The number of benzene rings is 1. The molecule has 0 aliphatic heterocycles. The fourth-order valence-electron chi connectivity index (χ4n) is 1.96. The van der Waals surface area contributed by atoms with Crippen LogP contribution in [0.4, 0.5) is 5.69 Å². The summed E-state index contributed by atoms with van der Waals surface area (Å²) in [5.74, 6) is 0.619. The Morgan fingerprint density at radius 3 is 2.72 bits per heavy atom. The largest absolute Gasteiger partial charge is 0.398 e. The van der Waals surface area contributed by atoms with Gasteiger partial charge < -0.3 is 5.73 Å². The molecule has 0 radical (unpaired) electrons. The maximum atomic E-state index is 6.02. The van der Waals surface area contributed by atoms with E-state index < -0.39 is 0 Å². The second kappa shape index (κ2) is 8.35. The summed E-state index contributed by atoms with van der Waals surface area (Å²) in [5, 5.41) is 0. The Bertz CT molecular complexity index is 409. The number of hydrogen-bond donors (Lipinski definition) is 1. The van der Waals surface area contributed by atoms with Crippen LogP contribution in [-0.2, 0) is 0 Å². The van der Waals surface area contributed by atoms with E-state index in [2.05, 4.69) is 54.3 Å². The van der Waals surface area contributed by atoms with Gasteiger partial charge in [0.05, 0.1) is 0 Å². The highest BCUT2D eigenvalue weighted by Gasteiger charge is 2.04. The molecule has 0 aromatic heterocycles. The predicted octanol–water partition coefficient (Wildman–Crippen LogP) is 5.08. The Kier molecular flexibility index (Phi) is 7.09. The Morgan fingerprint density at radius 1 is 1.44 bits per heavy atom. The zero-order chi connectivity index (χ0) is 13.4. The Labute approximate surface area is 124 Å². The van der Waals surface area contributed by atoms with Gasteiger partial charge >= 0.3 is 0 Å². The van der Waals surface area contributed by atoms with E-state index in [0.717, 1.165) is 23.0 Å². The zero-order valence-corrected chi connectivity index (χ0v) is 13.2. The molecule has 0 aliphatic rings. The van der Waals surface area contributed by atoms with Crippen molar-refractivity contribution in [3.63, 3.8) is 0 Å². The van der Waals surface area contributed by atoms with Crippen molar-refractivity contribution in [1.29, 1.82) is 0 Å². The van der Waals surface area contributed by atoms with Crippen LogP contribution in [0.2, 0.25) is 0 Å². The molecule has 1 nitrogen and oxygen atoms in total. The van der Waals surface area contributed by atoms with Gasteiger partial charge in [-0.25, -0.2) is 0 Å². The van der Waals surface area contributed by atoms with E-state index in [1.54, 1.807) is 0 Å². The number of hydrogen-bond acceptors (Lipinski definition) is 1. The summed E-state index contributed by atoms with van der Waals surface area (Å²) < 4.78 is 1.14. The van der Waals surface area contributed by atoms with Gasteiger partial charge in [-0.3, -0.25) is 0 Å². The molecule has 1 rings (SSSR count). The van der Waals surface area contributed by atoms with Gasteiger partial charge in [0.15, 0.2) is 0 Å². The highest BCUT2D eigenvalue weighted by atomic mass is 127. The highest BCUT2D eigenvalue weighted by Crippen LogP contribution is 2.25. The van der Waals surface area contributed by atoms with Crippen LogP contribution in [0.1, 0.15) is 31.7 Å². The number of alkyl halides is 1. The molecule has 1 atom stereocenters. The lowest BCUT2D eigenvalue weighted by atomic mass is 9.98. The fraction of sp³-hybridized carbons (Fsp3) is 0.375. The lowest BCUT2D eigenvalue weighted by molar-refractivity contribution is 0.677. The molecule has 1 aromatic carbocycles. The average molecular weight is 355 g/mol. The fourth-order valence-corrected chi connectivity index (χ4v) is 2.76. The van der Waals surface area contributed by atoms with Crippen LogP contribution >= 0.6 is 22.6 Å². The zero-order valence-electron chi connectivity index (χ0n) is 11.0. The van der Waals surface area contributed by atoms with E-state index in [-0.39, 0.29) is 0 Å². The highest BCUT2D eigenvalue weighted by molar-refractivity contribution is 14.1. The quantitative estimate of drug-likeness (QED) is 0.314. The number of halogens is 1. The molecule has 18 heavy (non-hydrogen) atoms. The van der Waals surface area contributed by atoms with Crippen molar-refractivity contribution in [2.45, 2.75) is 26.2 Å². The van der Waals surface area contributed by atoms with Crippen LogP contribution in [0.15, 0.2) is 43.0 Å². The van der Waals surface area contributed by atoms with E-state index >= 15 is 0 Å². The molecule has 2 heteroatoms. The topological polar surface area (TPSA) is 26.0 Å². The third-order valence-electron chi connectivity index (χ3n) is 3.15. The first-order valence-electron chi connectivity index (χ1n) is 6.45. The average Bonchev–Trinajstić information content (AvgIpc) is 2.40. The number of para-hydroxylation sites is 1. The smallest absolute Gasteiger partial charge is 0.0390 e. The van der Waals surface area contributed by atoms with Gasteiger partial charge in [-0.15, -0.1) is 6.58 Å². The molecule has 0 fully saturated rings. The first-order chi connectivity index (χ1) is 8.72. The summed E-state index contributed by atoms with van der Waals surface area (Å²) in [6.07, 6.45) is 7.67. The molecule has 98 valence electrons. The number of anilines is 1. The van der Waals surface area contributed by atoms with Crippen LogP contribution < -0.4 is 5.73 Å². The van der Waals surface area contributed by atoms with E-state index in [0.29, 0.717) is 5.92 Å². The van der Waals surface area contributed by atoms with Crippen LogP contribution in [0.3, 0.4) is 0 Å². The van der Waals surface area contributed by atoms with Crippen molar-refractivity contribution < 1.29 is 0 Å². The molecule has 0 saturated carbocycles. The minimum absolute atomic E-state index is 0.619. The Hall–Kier alpha value is -0.770. The van der Waals surface area contributed by atoms with Crippen LogP contribution in [-0.4, -0.2) is 4.43 Å². The molecule has 2 N–H and O–H groups in total. The summed E-state index contributed by atoms with van der Waals surface area (Å²) in [4.78, 5) is 0. The molecule has 0 saturated heterocycles. The maximum absolute atomic E-state index is 6.02. The van der Waals surface area contributed by atoms with Gasteiger partial charge in [0.25, 0.3) is 0 Å². The normalized spacial score (nSPS) is 13.3. The van der Waals surface area contributed by atoms with Crippen LogP contribution in [0.25, 0.3) is 5.57 Å². The van der Waals surface area contributed by atoms with Crippen molar-refractivity contribution in [2.24, 2.45) is 5.92 Å². The third-order valence-corrected chi connectivity index (χ3v) is 4.28. The van der Waals surface area contributed by atoms with Gasteiger partial charge in [0.1, 0.15) is 0 Å². The first-order valence-corrected chi connectivity index (χ1v) is 7.97. The van der Waals surface area contributed by atoms with Crippen molar-refractivity contribution >= 4 is 33.9 Å². The first kappa shape index (κ1) is 15.3. The number of allylic oxidation sites excluding steroid dienone is 3. The summed E-state index contributed by atoms with van der Waals surface area (Å²) in [7, 11) is 0. The summed E-state index contributed by atoms with van der Waals surface area (Å²) in [5.41, 5.74) is 9.43. The molecular weight excluding hydrogens is 333 g/mol. The van der Waals surface area contributed by atoms with Gasteiger partial charge in [-0.1, -0.05) is 59.9 Å². The van der Waals surface area contributed by atoms with E-state index in [4.69, 9.17) is 5.73 Å². The summed E-state index contributed by atoms with van der Waals surface area (Å²) in [6.45, 7) is 6.06. The SMILES string of the molecule is C=CC(CI)CCC=C(CC)c1ccccc1N. The number of nitrogens with two attached hydrogens (primary N) is 1. The minimum Gasteiger partial charge on any atom is -0.398 e. The number of rotatable bonds is 7. The molecule has 0 bridgehead atoms. The maximum Gasteiger partial charge on any atom is 0.0390 e. The van der Waals surface area contributed by atoms with Crippen molar-refractivity contribution in [1.82, 2.24) is 0 Å². The van der Waals surface area contributed by atoms with Crippen LogP contribution in [0.5, 0.6) is 0 Å². The van der Waals surface area contributed by atoms with Gasteiger partial charge in [0, 0.05) is 15.7 Å². The van der Waals surface area contributed by atoms with Gasteiger partial charge in [0.2, 0.25) is 0 Å². The molecule has 0 spiro atoms. The second-order valence-electron chi connectivity index (χ2n) is 4.40. The van der Waals surface area contributed by atoms with E-state index in [1.807, 2.05) is 18.2 Å². The van der Waals surface area contributed by atoms with Crippen molar-refractivity contribution in [3.8, 4) is 0 Å². The second-order valence-corrected chi connectivity index (χ2v) is 5.28. The monoisotopic (exact) mass is 355 g/mol. The van der Waals surface area contributed by atoms with Crippen molar-refractivity contribution in [2.75, 3.05) is 10.2 Å². The molecule has 0 amide bonds. The lowest BCUT2D eigenvalue weighted by Gasteiger charge is -2.10. The van der Waals surface area contributed by atoms with E-state index in [9.17, 15) is 0 Å². The molecule has 1 aromatic rings. The molecule has 0 aliphatic carbocycles. The number of nitrogen functional groups attached to an aromatic ring is 1. The summed E-state index contributed by atoms with van der Waals surface area (Å²) >= 11 is 2.42. The standard InChI is InChI=1S/C16H22IN/c1-3-13(12-17)8-7-9-14(4-2)15-10-5-6-11-16(15)18/h3,5-6,9-11,13H,1,4,7-8,12,18H2,2H3. The van der Waals surface area contributed by atoms with Crippen LogP contribution in [0, 0.1) is 5.92 Å². The molecular formula is C16H22IN. The van der Waals surface area contributed by atoms with Crippen molar-refractivity contribution in [3.05, 3.63) is 48.6 Å².